The van der Waals surface area contributed by atoms with Crippen LogP contribution in [-0.2, 0) is 4.74 Å². The number of methoxy groups -OCH3 is 1. The molecule has 3 nitrogen and oxygen atoms in total. The summed E-state index contributed by atoms with van der Waals surface area (Å²) >= 11 is 0. The van der Waals surface area contributed by atoms with Crippen LogP contribution in [-0.4, -0.2) is 26.4 Å². The van der Waals surface area contributed by atoms with E-state index >= 15 is 0 Å². The summed E-state index contributed by atoms with van der Waals surface area (Å²) in [7, 11) is 1.71. The molecule has 2 unspecified atom stereocenters. The lowest BCUT2D eigenvalue weighted by Crippen LogP contribution is -2.34. The molecule has 0 spiro atoms. The second-order valence-electron chi connectivity index (χ2n) is 5.32. The standard InChI is InChI=1S/C15H21NO2/c1-17-14-6-4-12(5-7-14)15(11-2-3-11)16-13-8-9-18-10-13/h4-7,11,13,15-16H,2-3,8-10H2,1H3. The Morgan fingerprint density at radius 3 is 2.56 bits per heavy atom. The minimum absolute atomic E-state index is 0.489. The van der Waals surface area contributed by atoms with Crippen LogP contribution in [0.3, 0.4) is 0 Å². The van der Waals surface area contributed by atoms with Crippen molar-refractivity contribution in [2.24, 2.45) is 5.92 Å². The Hall–Kier alpha value is -1.06. The summed E-state index contributed by atoms with van der Waals surface area (Å²) in [5, 5.41) is 3.77. The molecule has 0 bridgehead atoms. The molecule has 0 radical (unpaired) electrons. The molecule has 1 heterocycles. The Kier molecular flexibility index (Phi) is 3.52. The fourth-order valence-corrected chi connectivity index (χ4v) is 2.67. The lowest BCUT2D eigenvalue weighted by atomic mass is 10.0. The van der Waals surface area contributed by atoms with Crippen LogP contribution in [0.15, 0.2) is 24.3 Å². The molecule has 1 aliphatic heterocycles. The third kappa shape index (κ3) is 2.68. The van der Waals surface area contributed by atoms with E-state index in [4.69, 9.17) is 9.47 Å². The van der Waals surface area contributed by atoms with Crippen LogP contribution in [0, 0.1) is 5.92 Å². The zero-order valence-corrected chi connectivity index (χ0v) is 10.9. The molecular formula is C15H21NO2. The first kappa shape index (κ1) is 12.0. The molecule has 3 heteroatoms. The highest BCUT2D eigenvalue weighted by Gasteiger charge is 2.34. The smallest absolute Gasteiger partial charge is 0.118 e. The van der Waals surface area contributed by atoms with E-state index in [9.17, 15) is 0 Å². The van der Waals surface area contributed by atoms with Gasteiger partial charge < -0.3 is 14.8 Å². The maximum absolute atomic E-state index is 5.45. The molecule has 2 atom stereocenters. The van der Waals surface area contributed by atoms with Gasteiger partial charge >= 0.3 is 0 Å². The zero-order valence-electron chi connectivity index (χ0n) is 10.9. The first-order chi connectivity index (χ1) is 8.86. The molecule has 18 heavy (non-hydrogen) atoms. The third-order valence-corrected chi connectivity index (χ3v) is 3.91. The largest absolute Gasteiger partial charge is 0.497 e. The van der Waals surface area contributed by atoms with Gasteiger partial charge in [-0.1, -0.05) is 12.1 Å². The van der Waals surface area contributed by atoms with E-state index in [0.717, 1.165) is 31.3 Å². The maximum Gasteiger partial charge on any atom is 0.118 e. The average Bonchev–Trinajstić information content (AvgIpc) is 3.13. The van der Waals surface area contributed by atoms with Crippen molar-refractivity contribution in [1.82, 2.24) is 5.32 Å². The molecule has 1 N–H and O–H groups in total. The average molecular weight is 247 g/mol. The van der Waals surface area contributed by atoms with Crippen molar-refractivity contribution >= 4 is 0 Å². The van der Waals surface area contributed by atoms with Gasteiger partial charge in [0.05, 0.1) is 13.7 Å². The summed E-state index contributed by atoms with van der Waals surface area (Å²) in [5.74, 6) is 1.73. The van der Waals surface area contributed by atoms with E-state index in [2.05, 4.69) is 29.6 Å². The molecule has 2 aliphatic rings. The quantitative estimate of drug-likeness (QED) is 0.867. The van der Waals surface area contributed by atoms with Crippen LogP contribution in [0.5, 0.6) is 5.75 Å². The van der Waals surface area contributed by atoms with Crippen LogP contribution in [0.1, 0.15) is 30.9 Å². The molecule has 0 aromatic heterocycles. The fourth-order valence-electron chi connectivity index (χ4n) is 2.67. The minimum Gasteiger partial charge on any atom is -0.497 e. The number of hydrogen-bond donors (Lipinski definition) is 1. The highest BCUT2D eigenvalue weighted by atomic mass is 16.5. The predicted octanol–water partition coefficient (Wildman–Crippen LogP) is 2.52. The second-order valence-corrected chi connectivity index (χ2v) is 5.32. The van der Waals surface area contributed by atoms with E-state index in [1.165, 1.54) is 18.4 Å². The summed E-state index contributed by atoms with van der Waals surface area (Å²) in [6, 6.07) is 9.49. The second kappa shape index (κ2) is 5.29. The van der Waals surface area contributed by atoms with Gasteiger partial charge in [0.25, 0.3) is 0 Å². The summed E-state index contributed by atoms with van der Waals surface area (Å²) < 4.78 is 10.7. The maximum atomic E-state index is 5.45. The monoisotopic (exact) mass is 247 g/mol. The Morgan fingerprint density at radius 1 is 1.22 bits per heavy atom. The van der Waals surface area contributed by atoms with Crippen molar-refractivity contribution in [3.63, 3.8) is 0 Å². The fraction of sp³-hybridized carbons (Fsp3) is 0.600. The molecule has 2 fully saturated rings. The Balaban J connectivity index is 1.71. The molecule has 98 valence electrons. The summed E-state index contributed by atoms with van der Waals surface area (Å²) in [4.78, 5) is 0. The summed E-state index contributed by atoms with van der Waals surface area (Å²) in [6.45, 7) is 1.76. The van der Waals surface area contributed by atoms with Gasteiger partial charge in [0.2, 0.25) is 0 Å². The number of nitrogens with one attached hydrogen (secondary N) is 1. The van der Waals surface area contributed by atoms with E-state index in [1.54, 1.807) is 7.11 Å². The van der Waals surface area contributed by atoms with Crippen molar-refractivity contribution in [2.75, 3.05) is 20.3 Å². The van der Waals surface area contributed by atoms with Gasteiger partial charge in [-0.15, -0.1) is 0 Å². The zero-order chi connectivity index (χ0) is 12.4. The molecular weight excluding hydrogens is 226 g/mol. The molecule has 1 saturated heterocycles. The van der Waals surface area contributed by atoms with Gasteiger partial charge in [0.15, 0.2) is 0 Å². The van der Waals surface area contributed by atoms with Crippen molar-refractivity contribution < 1.29 is 9.47 Å². The van der Waals surface area contributed by atoms with Crippen molar-refractivity contribution in [3.8, 4) is 5.75 Å². The summed E-state index contributed by atoms with van der Waals surface area (Å²) in [6.07, 6.45) is 3.83. The normalized spacial score (nSPS) is 25.1. The Labute approximate surface area is 108 Å². The van der Waals surface area contributed by atoms with Crippen molar-refractivity contribution in [2.45, 2.75) is 31.3 Å². The van der Waals surface area contributed by atoms with Crippen LogP contribution in [0.25, 0.3) is 0 Å². The van der Waals surface area contributed by atoms with Crippen molar-refractivity contribution in [3.05, 3.63) is 29.8 Å². The number of hydrogen-bond acceptors (Lipinski definition) is 3. The molecule has 0 amide bonds. The van der Waals surface area contributed by atoms with E-state index < -0.39 is 0 Å². The Morgan fingerprint density at radius 2 is 2.00 bits per heavy atom. The third-order valence-electron chi connectivity index (χ3n) is 3.91. The highest BCUT2D eigenvalue weighted by Crippen LogP contribution is 2.41. The topological polar surface area (TPSA) is 30.5 Å². The highest BCUT2D eigenvalue weighted by molar-refractivity contribution is 5.30. The van der Waals surface area contributed by atoms with Gasteiger partial charge in [-0.05, 0) is 42.9 Å². The lowest BCUT2D eigenvalue weighted by molar-refractivity contribution is 0.187. The van der Waals surface area contributed by atoms with Gasteiger partial charge in [-0.3, -0.25) is 0 Å². The Bertz CT molecular complexity index is 380. The summed E-state index contributed by atoms with van der Waals surface area (Å²) in [5.41, 5.74) is 1.38. The predicted molar refractivity (Wildman–Crippen MR) is 70.8 cm³/mol. The number of rotatable bonds is 5. The van der Waals surface area contributed by atoms with Gasteiger partial charge in [-0.2, -0.15) is 0 Å². The van der Waals surface area contributed by atoms with Gasteiger partial charge in [-0.25, -0.2) is 0 Å². The molecule has 1 aliphatic carbocycles. The van der Waals surface area contributed by atoms with E-state index in [1.807, 2.05) is 0 Å². The first-order valence-corrected chi connectivity index (χ1v) is 6.84. The van der Waals surface area contributed by atoms with Crippen LogP contribution >= 0.6 is 0 Å². The van der Waals surface area contributed by atoms with Gasteiger partial charge in [0.1, 0.15) is 5.75 Å². The number of benzene rings is 1. The van der Waals surface area contributed by atoms with Crippen molar-refractivity contribution in [1.29, 1.82) is 0 Å². The van der Waals surface area contributed by atoms with E-state index in [-0.39, 0.29) is 0 Å². The van der Waals surface area contributed by atoms with E-state index in [0.29, 0.717) is 12.1 Å². The number of ether oxygens (including phenoxy) is 2. The molecule has 1 aromatic rings. The first-order valence-electron chi connectivity index (χ1n) is 6.84. The molecule has 1 saturated carbocycles. The van der Waals surface area contributed by atoms with Gasteiger partial charge in [0, 0.05) is 18.7 Å². The van der Waals surface area contributed by atoms with Crippen LogP contribution < -0.4 is 10.1 Å². The van der Waals surface area contributed by atoms with Crippen LogP contribution in [0.4, 0.5) is 0 Å². The van der Waals surface area contributed by atoms with Crippen LogP contribution in [0.2, 0.25) is 0 Å². The SMILES string of the molecule is COc1ccc(C(NC2CCOC2)C2CC2)cc1. The minimum atomic E-state index is 0.489. The molecule has 1 aromatic carbocycles. The lowest BCUT2D eigenvalue weighted by Gasteiger charge is -2.22. The molecule has 3 rings (SSSR count).